The lowest BCUT2D eigenvalue weighted by Crippen LogP contribution is -2.31. The summed E-state index contributed by atoms with van der Waals surface area (Å²) < 4.78 is 6.94. The molecule has 5 rings (SSSR count). The number of nitro benzene ring substituents is 1. The molecular formula is C26H21ClN6O4. The monoisotopic (exact) mass is 516 g/mol. The van der Waals surface area contributed by atoms with E-state index in [9.17, 15) is 14.9 Å². The lowest BCUT2D eigenvalue weighted by Gasteiger charge is -2.28. The number of benzene rings is 3. The number of rotatable bonds is 6. The number of methoxy groups -OCH3 is 1. The van der Waals surface area contributed by atoms with Gasteiger partial charge in [0.05, 0.1) is 23.3 Å². The standard InChI is InChI=1S/C26H21ClN6O4/c1-15-22(25(34)29-20-8-3-4-9-21(20)37-2)23(17-6-5-7-19(14-17)33(35)36)32-26(28-15)30-24(31-32)16-10-12-18(27)13-11-16/h3-14,23H,1-2H3,(H,29,34)(H,28,30,31). The second-order valence-corrected chi connectivity index (χ2v) is 8.72. The lowest BCUT2D eigenvalue weighted by atomic mass is 9.94. The molecular weight excluding hydrogens is 496 g/mol. The number of para-hydroxylation sites is 2. The van der Waals surface area contributed by atoms with E-state index < -0.39 is 16.9 Å². The van der Waals surface area contributed by atoms with Gasteiger partial charge in [0.25, 0.3) is 11.6 Å². The van der Waals surface area contributed by atoms with Gasteiger partial charge in [-0.15, -0.1) is 5.10 Å². The summed E-state index contributed by atoms with van der Waals surface area (Å²) in [5, 5.41) is 22.9. The van der Waals surface area contributed by atoms with Crippen LogP contribution in [-0.4, -0.2) is 32.7 Å². The molecule has 186 valence electrons. The van der Waals surface area contributed by atoms with Crippen molar-refractivity contribution in [3.8, 4) is 17.1 Å². The van der Waals surface area contributed by atoms with E-state index in [-0.39, 0.29) is 5.69 Å². The molecule has 0 saturated heterocycles. The molecule has 0 radical (unpaired) electrons. The number of anilines is 2. The highest BCUT2D eigenvalue weighted by molar-refractivity contribution is 6.30. The number of carbonyl (C=O) groups excluding carboxylic acids is 1. The zero-order chi connectivity index (χ0) is 26.1. The van der Waals surface area contributed by atoms with Crippen LogP contribution in [0.3, 0.4) is 0 Å². The van der Waals surface area contributed by atoms with Gasteiger partial charge in [0, 0.05) is 28.4 Å². The smallest absolute Gasteiger partial charge is 0.269 e. The molecule has 10 nitrogen and oxygen atoms in total. The van der Waals surface area contributed by atoms with Gasteiger partial charge in [-0.25, -0.2) is 4.68 Å². The second-order valence-electron chi connectivity index (χ2n) is 8.28. The maximum Gasteiger partial charge on any atom is 0.269 e. The second kappa shape index (κ2) is 9.75. The molecule has 0 saturated carbocycles. The average molecular weight is 517 g/mol. The molecule has 1 aromatic heterocycles. The molecule has 0 spiro atoms. The summed E-state index contributed by atoms with van der Waals surface area (Å²) in [4.78, 5) is 29.4. The predicted molar refractivity (Wildman–Crippen MR) is 140 cm³/mol. The van der Waals surface area contributed by atoms with Gasteiger partial charge in [0.2, 0.25) is 5.95 Å². The number of hydrogen-bond acceptors (Lipinski definition) is 7. The Balaban J connectivity index is 1.63. The summed E-state index contributed by atoms with van der Waals surface area (Å²) in [5.41, 5.74) is 2.48. The van der Waals surface area contributed by atoms with Gasteiger partial charge in [-0.05, 0) is 48.9 Å². The summed E-state index contributed by atoms with van der Waals surface area (Å²) in [6, 6.07) is 19.4. The van der Waals surface area contributed by atoms with Crippen LogP contribution >= 0.6 is 11.6 Å². The van der Waals surface area contributed by atoms with Crippen molar-refractivity contribution in [2.45, 2.75) is 13.0 Å². The number of nitrogens with zero attached hydrogens (tertiary/aromatic N) is 4. The van der Waals surface area contributed by atoms with Crippen molar-refractivity contribution in [1.29, 1.82) is 0 Å². The topological polar surface area (TPSA) is 124 Å². The minimum atomic E-state index is -0.792. The van der Waals surface area contributed by atoms with Crippen LogP contribution < -0.4 is 15.4 Å². The molecule has 1 amide bonds. The highest BCUT2D eigenvalue weighted by Gasteiger charge is 2.35. The van der Waals surface area contributed by atoms with Crippen molar-refractivity contribution >= 4 is 34.8 Å². The minimum Gasteiger partial charge on any atom is -0.495 e. The first-order chi connectivity index (χ1) is 17.9. The van der Waals surface area contributed by atoms with E-state index in [4.69, 9.17) is 16.3 Å². The van der Waals surface area contributed by atoms with Crippen LogP contribution in [-0.2, 0) is 4.79 Å². The first-order valence-electron chi connectivity index (χ1n) is 11.2. The molecule has 0 fully saturated rings. The summed E-state index contributed by atoms with van der Waals surface area (Å²) in [6.45, 7) is 1.75. The van der Waals surface area contributed by atoms with Crippen molar-refractivity contribution in [3.05, 3.63) is 105 Å². The summed E-state index contributed by atoms with van der Waals surface area (Å²) in [7, 11) is 1.52. The molecule has 1 unspecified atom stereocenters. The molecule has 0 aliphatic carbocycles. The third-order valence-electron chi connectivity index (χ3n) is 5.95. The number of aromatic nitrogens is 3. The summed E-state index contributed by atoms with van der Waals surface area (Å²) in [6.07, 6.45) is 0. The molecule has 4 aromatic rings. The molecule has 3 aromatic carbocycles. The van der Waals surface area contributed by atoms with E-state index in [1.54, 1.807) is 72.3 Å². The number of hydrogen-bond donors (Lipinski definition) is 2. The molecule has 0 bridgehead atoms. The minimum absolute atomic E-state index is 0.0993. The van der Waals surface area contributed by atoms with Gasteiger partial charge < -0.3 is 15.4 Å². The third kappa shape index (κ3) is 4.62. The number of halogens is 1. The Hall–Kier alpha value is -4.70. The van der Waals surface area contributed by atoms with Crippen molar-refractivity contribution in [3.63, 3.8) is 0 Å². The molecule has 37 heavy (non-hydrogen) atoms. The predicted octanol–water partition coefficient (Wildman–Crippen LogP) is 5.44. The molecule has 2 N–H and O–H groups in total. The summed E-state index contributed by atoms with van der Waals surface area (Å²) >= 11 is 6.03. The van der Waals surface area contributed by atoms with Gasteiger partial charge >= 0.3 is 0 Å². The lowest BCUT2D eigenvalue weighted by molar-refractivity contribution is -0.384. The maximum absolute atomic E-state index is 13.7. The quantitative estimate of drug-likeness (QED) is 0.258. The number of ether oxygens (including phenoxy) is 1. The zero-order valence-corrected chi connectivity index (χ0v) is 20.6. The van der Waals surface area contributed by atoms with E-state index in [1.807, 2.05) is 0 Å². The number of non-ortho nitro benzene ring substituents is 1. The Morgan fingerprint density at radius 2 is 1.89 bits per heavy atom. The van der Waals surface area contributed by atoms with Crippen molar-refractivity contribution in [2.75, 3.05) is 17.7 Å². The van der Waals surface area contributed by atoms with E-state index in [2.05, 4.69) is 20.7 Å². The van der Waals surface area contributed by atoms with Crippen LogP contribution in [0.15, 0.2) is 84.1 Å². The van der Waals surface area contributed by atoms with Gasteiger partial charge in [-0.1, -0.05) is 35.9 Å². The van der Waals surface area contributed by atoms with Crippen molar-refractivity contribution in [1.82, 2.24) is 14.8 Å². The van der Waals surface area contributed by atoms with Gasteiger partial charge in [-0.2, -0.15) is 4.98 Å². The Labute approximate surface area is 216 Å². The Kier molecular flexibility index (Phi) is 6.33. The normalized spacial score (nSPS) is 14.5. The molecule has 1 aliphatic rings. The van der Waals surface area contributed by atoms with Crippen molar-refractivity contribution in [2.24, 2.45) is 0 Å². The van der Waals surface area contributed by atoms with E-state index in [0.717, 1.165) is 5.56 Å². The molecule has 1 aliphatic heterocycles. The fraction of sp³-hybridized carbons (Fsp3) is 0.115. The van der Waals surface area contributed by atoms with Gasteiger partial charge in [0.1, 0.15) is 11.8 Å². The van der Waals surface area contributed by atoms with Crippen LogP contribution in [0.2, 0.25) is 5.02 Å². The number of fused-ring (bicyclic) bond motifs is 1. The highest BCUT2D eigenvalue weighted by atomic mass is 35.5. The molecule has 2 heterocycles. The zero-order valence-electron chi connectivity index (χ0n) is 19.8. The highest BCUT2D eigenvalue weighted by Crippen LogP contribution is 2.38. The van der Waals surface area contributed by atoms with E-state index >= 15 is 0 Å². The van der Waals surface area contributed by atoms with Crippen LogP contribution in [0, 0.1) is 10.1 Å². The largest absolute Gasteiger partial charge is 0.495 e. The first kappa shape index (κ1) is 24.0. The number of carbonyl (C=O) groups is 1. The maximum atomic E-state index is 13.7. The van der Waals surface area contributed by atoms with E-state index in [1.165, 1.54) is 19.2 Å². The first-order valence-corrected chi connectivity index (χ1v) is 11.6. The van der Waals surface area contributed by atoms with E-state index in [0.29, 0.717) is 45.1 Å². The van der Waals surface area contributed by atoms with Gasteiger partial charge in [0.15, 0.2) is 5.82 Å². The molecule has 11 heteroatoms. The number of nitrogens with one attached hydrogen (secondary N) is 2. The Morgan fingerprint density at radius 1 is 1.14 bits per heavy atom. The summed E-state index contributed by atoms with van der Waals surface area (Å²) in [5.74, 6) is 0.887. The van der Waals surface area contributed by atoms with Crippen LogP contribution in [0.25, 0.3) is 11.4 Å². The SMILES string of the molecule is COc1ccccc1NC(=O)C1=C(C)Nc2nc(-c3ccc(Cl)cc3)nn2C1c1cccc([N+](=O)[O-])c1. The van der Waals surface area contributed by atoms with Crippen LogP contribution in [0.5, 0.6) is 5.75 Å². The molecule has 1 atom stereocenters. The van der Waals surface area contributed by atoms with Gasteiger partial charge in [-0.3, -0.25) is 14.9 Å². The number of allylic oxidation sites excluding steroid dienone is 1. The Bertz CT molecular complexity index is 1550. The van der Waals surface area contributed by atoms with Crippen LogP contribution in [0.4, 0.5) is 17.3 Å². The number of amides is 1. The van der Waals surface area contributed by atoms with Crippen molar-refractivity contribution < 1.29 is 14.5 Å². The fourth-order valence-corrected chi connectivity index (χ4v) is 4.35. The third-order valence-corrected chi connectivity index (χ3v) is 6.20. The number of nitro groups is 1. The van der Waals surface area contributed by atoms with Crippen LogP contribution in [0.1, 0.15) is 18.5 Å². The average Bonchev–Trinajstić information content (AvgIpc) is 3.32. The fourth-order valence-electron chi connectivity index (χ4n) is 4.22. The Morgan fingerprint density at radius 3 is 2.62 bits per heavy atom.